The molecule has 0 unspecified atom stereocenters. The summed E-state index contributed by atoms with van der Waals surface area (Å²) in [5.74, 6) is 2.32. The van der Waals surface area contributed by atoms with Crippen molar-refractivity contribution in [3.8, 4) is 22.8 Å². The first-order valence-corrected chi connectivity index (χ1v) is 10.7. The Morgan fingerprint density at radius 3 is 2.61 bits per heavy atom. The topological polar surface area (TPSA) is 101 Å². The number of oxazole rings is 1. The Morgan fingerprint density at radius 2 is 1.96 bits per heavy atom. The van der Waals surface area contributed by atoms with Gasteiger partial charge in [0.15, 0.2) is 5.82 Å². The fraction of sp³-hybridized carbons (Fsp3) is 0.350. The molecule has 3 aromatic rings. The smallest absolute Gasteiger partial charge is 0.225 e. The lowest BCUT2D eigenvalue weighted by Crippen LogP contribution is -2.48. The number of nitrogens with one attached hydrogen (secondary N) is 1. The van der Waals surface area contributed by atoms with Crippen molar-refractivity contribution in [3.05, 3.63) is 42.4 Å². The van der Waals surface area contributed by atoms with Crippen LogP contribution in [-0.4, -0.2) is 42.2 Å². The number of nitrogens with zero attached hydrogens (tertiary/aromatic N) is 3. The van der Waals surface area contributed by atoms with Gasteiger partial charge in [0.1, 0.15) is 17.0 Å². The molecule has 0 radical (unpaired) electrons. The van der Waals surface area contributed by atoms with Crippen molar-refractivity contribution in [1.29, 1.82) is 0 Å². The SMILES string of the molecule is O=[S@]1CCc2nc(-c3ccc(-c4ncco4)cc3)nc(NC3(CO)CCC3)c21. The molecule has 28 heavy (non-hydrogen) atoms. The van der Waals surface area contributed by atoms with Gasteiger partial charge in [0, 0.05) is 23.3 Å². The molecule has 1 aromatic carbocycles. The van der Waals surface area contributed by atoms with Gasteiger partial charge in [-0.2, -0.15) is 0 Å². The fourth-order valence-electron chi connectivity index (χ4n) is 3.72. The van der Waals surface area contributed by atoms with Crippen molar-refractivity contribution in [3.63, 3.8) is 0 Å². The van der Waals surface area contributed by atoms with E-state index >= 15 is 0 Å². The van der Waals surface area contributed by atoms with E-state index in [1.807, 2.05) is 24.3 Å². The van der Waals surface area contributed by atoms with E-state index < -0.39 is 10.8 Å². The number of rotatable bonds is 5. The van der Waals surface area contributed by atoms with Crippen LogP contribution in [0.3, 0.4) is 0 Å². The third kappa shape index (κ3) is 2.93. The zero-order valence-corrected chi connectivity index (χ0v) is 16.0. The normalized spacial score (nSPS) is 19.8. The van der Waals surface area contributed by atoms with E-state index in [0.29, 0.717) is 34.6 Å². The van der Waals surface area contributed by atoms with Crippen LogP contribution in [0.5, 0.6) is 0 Å². The molecule has 1 fully saturated rings. The molecule has 0 spiro atoms. The van der Waals surface area contributed by atoms with Crippen LogP contribution in [0, 0.1) is 0 Å². The summed E-state index contributed by atoms with van der Waals surface area (Å²) in [5.41, 5.74) is 2.21. The molecule has 1 atom stereocenters. The summed E-state index contributed by atoms with van der Waals surface area (Å²) in [5, 5.41) is 13.2. The van der Waals surface area contributed by atoms with Crippen molar-refractivity contribution in [1.82, 2.24) is 15.0 Å². The predicted molar refractivity (Wildman–Crippen MR) is 105 cm³/mol. The molecule has 0 bridgehead atoms. The number of hydrogen-bond acceptors (Lipinski definition) is 7. The number of fused-ring (bicyclic) bond motifs is 1. The van der Waals surface area contributed by atoms with Crippen LogP contribution in [0.1, 0.15) is 25.0 Å². The average Bonchev–Trinajstić information content (AvgIpc) is 3.35. The Balaban J connectivity index is 1.53. The van der Waals surface area contributed by atoms with E-state index in [-0.39, 0.29) is 12.1 Å². The van der Waals surface area contributed by atoms with Crippen LogP contribution >= 0.6 is 0 Å². The highest BCUT2D eigenvalue weighted by atomic mass is 32.2. The molecule has 0 amide bonds. The Hall–Kier alpha value is -2.58. The fourth-order valence-corrected chi connectivity index (χ4v) is 5.02. The first-order valence-electron chi connectivity index (χ1n) is 9.36. The molecule has 2 N–H and O–H groups in total. The van der Waals surface area contributed by atoms with Gasteiger partial charge in [-0.1, -0.05) is 12.1 Å². The Kier molecular flexibility index (Phi) is 4.25. The maximum absolute atomic E-state index is 12.5. The molecule has 7 nitrogen and oxygen atoms in total. The van der Waals surface area contributed by atoms with Crippen molar-refractivity contribution in [2.24, 2.45) is 0 Å². The lowest BCUT2D eigenvalue weighted by molar-refractivity contribution is 0.143. The summed E-state index contributed by atoms with van der Waals surface area (Å²) in [6.07, 6.45) is 6.67. The Labute approximate surface area is 164 Å². The lowest BCUT2D eigenvalue weighted by atomic mass is 9.77. The molecule has 0 saturated heterocycles. The quantitative estimate of drug-likeness (QED) is 0.684. The maximum atomic E-state index is 12.5. The molecule has 2 aliphatic rings. The van der Waals surface area contributed by atoms with Gasteiger partial charge < -0.3 is 14.8 Å². The van der Waals surface area contributed by atoms with Gasteiger partial charge in [-0.25, -0.2) is 15.0 Å². The average molecular weight is 396 g/mol. The van der Waals surface area contributed by atoms with Gasteiger partial charge in [0.25, 0.3) is 0 Å². The molecule has 1 aliphatic carbocycles. The largest absolute Gasteiger partial charge is 0.445 e. The standard InChI is InChI=1S/C20H20N4O3S/c25-12-20(7-1-8-20)24-18-16-15(6-11-28(16)26)22-17(23-18)13-2-4-14(5-3-13)19-21-9-10-27-19/h2-5,9-10,25H,1,6-8,11-12H2,(H,22,23,24)/t28-/m0/s1. The summed E-state index contributed by atoms with van der Waals surface area (Å²) >= 11 is 0. The van der Waals surface area contributed by atoms with Gasteiger partial charge >= 0.3 is 0 Å². The first kappa shape index (κ1) is 17.5. The second-order valence-electron chi connectivity index (χ2n) is 7.30. The number of aliphatic hydroxyl groups excluding tert-OH is 1. The molecule has 144 valence electrons. The van der Waals surface area contributed by atoms with E-state index in [9.17, 15) is 9.32 Å². The number of aryl methyl sites for hydroxylation is 1. The van der Waals surface area contributed by atoms with E-state index in [2.05, 4.69) is 15.3 Å². The maximum Gasteiger partial charge on any atom is 0.225 e. The zero-order chi connectivity index (χ0) is 19.1. The molecule has 8 heteroatoms. The van der Waals surface area contributed by atoms with Crippen molar-refractivity contribution >= 4 is 16.6 Å². The third-order valence-corrected chi connectivity index (χ3v) is 6.97. The summed E-state index contributed by atoms with van der Waals surface area (Å²) in [4.78, 5) is 14.2. The minimum atomic E-state index is -1.10. The van der Waals surface area contributed by atoms with Crippen molar-refractivity contribution in [2.75, 3.05) is 17.7 Å². The lowest BCUT2D eigenvalue weighted by Gasteiger charge is -2.41. The second kappa shape index (κ2) is 6.79. The van der Waals surface area contributed by atoms with Crippen molar-refractivity contribution in [2.45, 2.75) is 36.1 Å². The van der Waals surface area contributed by atoms with Crippen molar-refractivity contribution < 1.29 is 13.7 Å². The van der Waals surface area contributed by atoms with Gasteiger partial charge in [-0.05, 0) is 31.4 Å². The number of aliphatic hydroxyl groups is 1. The van der Waals surface area contributed by atoms with Gasteiger partial charge in [-0.3, -0.25) is 4.21 Å². The Morgan fingerprint density at radius 1 is 1.18 bits per heavy atom. The van der Waals surface area contributed by atoms with Gasteiger partial charge in [0.2, 0.25) is 5.89 Å². The molecular weight excluding hydrogens is 376 g/mol. The molecule has 2 aromatic heterocycles. The van der Waals surface area contributed by atoms with Crippen LogP contribution in [0.25, 0.3) is 22.8 Å². The van der Waals surface area contributed by atoms with Crippen LogP contribution in [-0.2, 0) is 17.2 Å². The van der Waals surface area contributed by atoms with E-state index in [0.717, 1.165) is 36.1 Å². The third-order valence-electron chi connectivity index (χ3n) is 5.51. The van der Waals surface area contributed by atoms with Gasteiger partial charge in [0.05, 0.1) is 34.8 Å². The number of hydrogen-bond donors (Lipinski definition) is 2. The molecule has 1 aliphatic heterocycles. The highest BCUT2D eigenvalue weighted by molar-refractivity contribution is 7.85. The number of aromatic nitrogens is 3. The van der Waals surface area contributed by atoms with E-state index in [1.54, 1.807) is 12.5 Å². The van der Waals surface area contributed by atoms with Gasteiger partial charge in [-0.15, -0.1) is 0 Å². The van der Waals surface area contributed by atoms with Crippen LogP contribution in [0.4, 0.5) is 5.82 Å². The summed E-state index contributed by atoms with van der Waals surface area (Å²) < 4.78 is 17.8. The highest BCUT2D eigenvalue weighted by Crippen LogP contribution is 2.38. The number of benzene rings is 1. The minimum Gasteiger partial charge on any atom is -0.445 e. The monoisotopic (exact) mass is 396 g/mol. The first-order chi connectivity index (χ1) is 13.7. The Bertz CT molecular complexity index is 1020. The minimum absolute atomic E-state index is 0.0403. The summed E-state index contributed by atoms with van der Waals surface area (Å²) in [6, 6.07) is 7.71. The molecular formula is C20H20N4O3S. The molecule has 5 rings (SSSR count). The summed E-state index contributed by atoms with van der Waals surface area (Å²) in [7, 11) is -1.10. The molecule has 3 heterocycles. The molecule has 1 saturated carbocycles. The van der Waals surface area contributed by atoms with E-state index in [4.69, 9.17) is 9.40 Å². The predicted octanol–water partition coefficient (Wildman–Crippen LogP) is 2.79. The number of anilines is 1. The highest BCUT2D eigenvalue weighted by Gasteiger charge is 2.38. The summed E-state index contributed by atoms with van der Waals surface area (Å²) in [6.45, 7) is 0.0403. The van der Waals surface area contributed by atoms with Crippen LogP contribution < -0.4 is 5.32 Å². The second-order valence-corrected chi connectivity index (χ2v) is 8.81. The zero-order valence-electron chi connectivity index (χ0n) is 15.2. The van der Waals surface area contributed by atoms with Crippen LogP contribution in [0.15, 0.2) is 46.0 Å². The van der Waals surface area contributed by atoms with Crippen LogP contribution in [0.2, 0.25) is 0 Å². The van der Waals surface area contributed by atoms with E-state index in [1.165, 1.54) is 0 Å².